The van der Waals surface area contributed by atoms with Crippen molar-refractivity contribution in [2.45, 2.75) is 27.3 Å². The molecule has 0 aliphatic rings. The van der Waals surface area contributed by atoms with Crippen LogP contribution < -0.4 is 10.3 Å². The van der Waals surface area contributed by atoms with Gasteiger partial charge in [0, 0.05) is 11.8 Å². The van der Waals surface area contributed by atoms with Crippen LogP contribution in [-0.2, 0) is 6.54 Å². The van der Waals surface area contributed by atoms with Gasteiger partial charge in [-0.1, -0.05) is 26.0 Å². The van der Waals surface area contributed by atoms with Crippen molar-refractivity contribution in [3.63, 3.8) is 0 Å². The largest absolute Gasteiger partial charge is 0.468 e. The van der Waals surface area contributed by atoms with Crippen LogP contribution in [0.1, 0.15) is 25.0 Å². The highest BCUT2D eigenvalue weighted by atomic mass is 19.1. The molecular formula is C15H19FN2O2. The number of benzene rings is 1. The van der Waals surface area contributed by atoms with E-state index in [4.69, 9.17) is 4.74 Å². The molecule has 0 atom stereocenters. The average Bonchev–Trinajstić information content (AvgIpc) is 2.48. The van der Waals surface area contributed by atoms with Crippen molar-refractivity contribution in [1.82, 2.24) is 9.55 Å². The van der Waals surface area contributed by atoms with E-state index in [0.29, 0.717) is 12.1 Å². The Hall–Kier alpha value is -2.17. The quantitative estimate of drug-likeness (QED) is 0.867. The molecule has 4 nitrogen and oxygen atoms in total. The molecule has 0 unspecified atom stereocenters. The van der Waals surface area contributed by atoms with Crippen LogP contribution >= 0.6 is 0 Å². The molecule has 1 aromatic heterocycles. The molecule has 108 valence electrons. The van der Waals surface area contributed by atoms with Crippen LogP contribution in [0.15, 0.2) is 35.3 Å². The first-order valence-electron chi connectivity index (χ1n) is 6.46. The lowest BCUT2D eigenvalue weighted by Gasteiger charge is -2.11. The Balaban J connectivity index is 0.000000956. The fourth-order valence-electron chi connectivity index (χ4n) is 1.65. The summed E-state index contributed by atoms with van der Waals surface area (Å²) >= 11 is 0. The van der Waals surface area contributed by atoms with Crippen molar-refractivity contribution < 1.29 is 9.13 Å². The van der Waals surface area contributed by atoms with Gasteiger partial charge in [0.25, 0.3) is 11.6 Å². The summed E-state index contributed by atoms with van der Waals surface area (Å²) in [5.41, 5.74) is 1.19. The number of hydrogen-bond donors (Lipinski definition) is 0. The van der Waals surface area contributed by atoms with E-state index in [1.807, 2.05) is 13.8 Å². The van der Waals surface area contributed by atoms with Gasteiger partial charge < -0.3 is 4.74 Å². The van der Waals surface area contributed by atoms with Crippen LogP contribution in [0.3, 0.4) is 0 Å². The zero-order valence-electron chi connectivity index (χ0n) is 12.2. The molecule has 0 saturated heterocycles. The fourth-order valence-corrected chi connectivity index (χ4v) is 1.65. The summed E-state index contributed by atoms with van der Waals surface area (Å²) in [6, 6.07) is 6.22. The molecule has 1 heterocycles. The summed E-state index contributed by atoms with van der Waals surface area (Å²) in [4.78, 5) is 16.0. The molecule has 0 spiro atoms. The SMILES string of the molecule is CC.COc1ncc(C)c(=O)n1Cc1ccc(F)cc1. The lowest BCUT2D eigenvalue weighted by Crippen LogP contribution is -2.25. The normalized spacial score (nSPS) is 9.65. The van der Waals surface area contributed by atoms with Crippen molar-refractivity contribution in [2.24, 2.45) is 0 Å². The maximum Gasteiger partial charge on any atom is 0.299 e. The first-order chi connectivity index (χ1) is 9.61. The summed E-state index contributed by atoms with van der Waals surface area (Å²) in [6.45, 7) is 5.99. The number of rotatable bonds is 3. The second-order valence-electron chi connectivity index (χ2n) is 3.95. The molecule has 0 bridgehead atoms. The van der Waals surface area contributed by atoms with E-state index in [2.05, 4.69) is 4.98 Å². The van der Waals surface area contributed by atoms with E-state index in [9.17, 15) is 9.18 Å². The third kappa shape index (κ3) is 3.66. The van der Waals surface area contributed by atoms with Crippen molar-refractivity contribution >= 4 is 0 Å². The number of halogens is 1. The molecule has 5 heteroatoms. The summed E-state index contributed by atoms with van der Waals surface area (Å²) in [7, 11) is 1.46. The Morgan fingerprint density at radius 1 is 1.25 bits per heavy atom. The molecule has 0 aliphatic carbocycles. The van der Waals surface area contributed by atoms with Gasteiger partial charge in [-0.2, -0.15) is 0 Å². The molecular weight excluding hydrogens is 259 g/mol. The molecule has 0 aliphatic heterocycles. The van der Waals surface area contributed by atoms with Gasteiger partial charge >= 0.3 is 0 Å². The highest BCUT2D eigenvalue weighted by Crippen LogP contribution is 2.09. The molecule has 0 saturated carbocycles. The Labute approximate surface area is 117 Å². The summed E-state index contributed by atoms with van der Waals surface area (Å²) < 4.78 is 19.3. The van der Waals surface area contributed by atoms with E-state index in [1.165, 1.54) is 30.0 Å². The Kier molecular flexibility index (Phi) is 5.90. The van der Waals surface area contributed by atoms with Crippen LogP contribution in [0.5, 0.6) is 6.01 Å². The van der Waals surface area contributed by atoms with Crippen molar-refractivity contribution in [3.05, 3.63) is 57.8 Å². The number of hydrogen-bond acceptors (Lipinski definition) is 3. The summed E-state index contributed by atoms with van der Waals surface area (Å²) in [6.07, 6.45) is 1.47. The summed E-state index contributed by atoms with van der Waals surface area (Å²) in [5, 5.41) is 0. The number of nitrogens with zero attached hydrogens (tertiary/aromatic N) is 2. The van der Waals surface area contributed by atoms with Gasteiger partial charge in [-0.05, 0) is 24.6 Å². The van der Waals surface area contributed by atoms with E-state index >= 15 is 0 Å². The second-order valence-corrected chi connectivity index (χ2v) is 3.95. The molecule has 0 amide bonds. The minimum absolute atomic E-state index is 0.161. The molecule has 0 radical (unpaired) electrons. The lowest BCUT2D eigenvalue weighted by molar-refractivity contribution is 0.350. The van der Waals surface area contributed by atoms with Gasteiger partial charge in [0.2, 0.25) is 0 Å². The molecule has 2 rings (SSSR count). The maximum atomic E-state index is 12.8. The van der Waals surface area contributed by atoms with Crippen molar-refractivity contribution in [1.29, 1.82) is 0 Å². The predicted octanol–water partition coefficient (Wildman–Crippen LogP) is 2.77. The third-order valence-corrected chi connectivity index (χ3v) is 2.62. The fraction of sp³-hybridized carbons (Fsp3) is 0.333. The Morgan fingerprint density at radius 2 is 1.85 bits per heavy atom. The van der Waals surface area contributed by atoms with Gasteiger partial charge in [0.15, 0.2) is 0 Å². The summed E-state index contributed by atoms with van der Waals surface area (Å²) in [5.74, 6) is -0.305. The molecule has 20 heavy (non-hydrogen) atoms. The molecule has 1 aromatic carbocycles. The molecule has 0 fully saturated rings. The van der Waals surface area contributed by atoms with Crippen LogP contribution in [-0.4, -0.2) is 16.7 Å². The van der Waals surface area contributed by atoms with Gasteiger partial charge in [-0.3, -0.25) is 9.36 Å². The van der Waals surface area contributed by atoms with Crippen LogP contribution in [0, 0.1) is 12.7 Å². The van der Waals surface area contributed by atoms with Gasteiger partial charge in [0.1, 0.15) is 5.82 Å². The standard InChI is InChI=1S/C13H13FN2O2.C2H6/c1-9-7-15-13(18-2)16(12(9)17)8-10-3-5-11(14)6-4-10;1-2/h3-7H,8H2,1-2H3;1-2H3. The number of aromatic nitrogens is 2. The number of ether oxygens (including phenoxy) is 1. The number of aryl methyl sites for hydroxylation is 1. The minimum atomic E-state index is -0.305. The highest BCUT2D eigenvalue weighted by molar-refractivity contribution is 5.18. The van der Waals surface area contributed by atoms with E-state index in [-0.39, 0.29) is 17.4 Å². The molecule has 0 N–H and O–H groups in total. The van der Waals surface area contributed by atoms with Crippen molar-refractivity contribution in [3.8, 4) is 6.01 Å². The Bertz CT molecular complexity index is 606. The monoisotopic (exact) mass is 278 g/mol. The van der Waals surface area contributed by atoms with E-state index in [1.54, 1.807) is 19.1 Å². The smallest absolute Gasteiger partial charge is 0.299 e. The number of methoxy groups -OCH3 is 1. The van der Waals surface area contributed by atoms with E-state index < -0.39 is 0 Å². The molecule has 2 aromatic rings. The van der Waals surface area contributed by atoms with Crippen LogP contribution in [0.25, 0.3) is 0 Å². The van der Waals surface area contributed by atoms with Crippen LogP contribution in [0.2, 0.25) is 0 Å². The van der Waals surface area contributed by atoms with E-state index in [0.717, 1.165) is 5.56 Å². The predicted molar refractivity (Wildman–Crippen MR) is 76.6 cm³/mol. The Morgan fingerprint density at radius 3 is 2.40 bits per heavy atom. The zero-order valence-corrected chi connectivity index (χ0v) is 12.2. The lowest BCUT2D eigenvalue weighted by atomic mass is 10.2. The minimum Gasteiger partial charge on any atom is -0.468 e. The second kappa shape index (κ2) is 7.43. The van der Waals surface area contributed by atoms with Crippen molar-refractivity contribution in [2.75, 3.05) is 7.11 Å². The highest BCUT2D eigenvalue weighted by Gasteiger charge is 2.08. The van der Waals surface area contributed by atoms with Gasteiger partial charge in [-0.25, -0.2) is 9.37 Å². The first-order valence-corrected chi connectivity index (χ1v) is 6.46. The first kappa shape index (κ1) is 15.9. The zero-order chi connectivity index (χ0) is 15.1. The van der Waals surface area contributed by atoms with Crippen LogP contribution in [0.4, 0.5) is 4.39 Å². The van der Waals surface area contributed by atoms with Gasteiger partial charge in [-0.15, -0.1) is 0 Å². The topological polar surface area (TPSA) is 44.1 Å². The third-order valence-electron chi connectivity index (χ3n) is 2.62. The maximum absolute atomic E-state index is 12.8. The average molecular weight is 278 g/mol. The van der Waals surface area contributed by atoms with Gasteiger partial charge in [0.05, 0.1) is 13.7 Å².